The van der Waals surface area contributed by atoms with Gasteiger partial charge in [0, 0.05) is 38.6 Å². The van der Waals surface area contributed by atoms with Crippen LogP contribution >= 0.6 is 0 Å². The lowest BCUT2D eigenvalue weighted by Crippen LogP contribution is -2.36. The SMILES string of the molecule is CN(C)CCNc1cncc(C(=O)N2CCc3ccccc3C2)c1. The number of fused-ring (bicyclic) bond motifs is 1. The van der Waals surface area contributed by atoms with Gasteiger partial charge in [0.2, 0.25) is 0 Å². The molecule has 1 aliphatic heterocycles. The fraction of sp³-hybridized carbons (Fsp3) is 0.368. The molecule has 1 N–H and O–H groups in total. The maximum Gasteiger partial charge on any atom is 0.255 e. The molecule has 0 atom stereocenters. The Bertz CT molecular complexity index is 714. The predicted molar refractivity (Wildman–Crippen MR) is 96.2 cm³/mol. The van der Waals surface area contributed by atoms with Crippen molar-refractivity contribution >= 4 is 11.6 Å². The largest absolute Gasteiger partial charge is 0.382 e. The lowest BCUT2D eigenvalue weighted by Gasteiger charge is -2.29. The van der Waals surface area contributed by atoms with Gasteiger partial charge in [-0.1, -0.05) is 24.3 Å². The highest BCUT2D eigenvalue weighted by molar-refractivity contribution is 5.94. The van der Waals surface area contributed by atoms with Crippen molar-refractivity contribution in [2.24, 2.45) is 0 Å². The van der Waals surface area contributed by atoms with E-state index in [1.165, 1.54) is 11.1 Å². The fourth-order valence-electron chi connectivity index (χ4n) is 2.93. The first-order valence-corrected chi connectivity index (χ1v) is 8.33. The number of aromatic nitrogens is 1. The van der Waals surface area contributed by atoms with Gasteiger partial charge in [0.1, 0.15) is 0 Å². The molecule has 0 saturated heterocycles. The molecule has 1 aromatic carbocycles. The summed E-state index contributed by atoms with van der Waals surface area (Å²) in [6, 6.07) is 10.2. The van der Waals surface area contributed by atoms with Crippen LogP contribution in [0.3, 0.4) is 0 Å². The van der Waals surface area contributed by atoms with E-state index in [0.717, 1.165) is 31.7 Å². The number of carbonyl (C=O) groups excluding carboxylic acids is 1. The number of likely N-dealkylation sites (N-methyl/N-ethyl adjacent to an activating group) is 1. The van der Waals surface area contributed by atoms with Crippen molar-refractivity contribution in [1.29, 1.82) is 0 Å². The average molecular weight is 324 g/mol. The summed E-state index contributed by atoms with van der Waals surface area (Å²) in [5.41, 5.74) is 4.12. The van der Waals surface area contributed by atoms with E-state index in [4.69, 9.17) is 0 Å². The van der Waals surface area contributed by atoms with Crippen LogP contribution in [0.4, 0.5) is 5.69 Å². The molecular formula is C19H24N4O. The van der Waals surface area contributed by atoms with Crippen LogP contribution < -0.4 is 5.32 Å². The van der Waals surface area contributed by atoms with Gasteiger partial charge >= 0.3 is 0 Å². The molecule has 2 heterocycles. The Labute approximate surface area is 143 Å². The Morgan fingerprint density at radius 3 is 2.83 bits per heavy atom. The molecule has 24 heavy (non-hydrogen) atoms. The standard InChI is InChI=1S/C19H24N4O/c1-22(2)10-8-21-18-11-17(12-20-13-18)19(24)23-9-7-15-5-3-4-6-16(15)14-23/h3-6,11-13,21H,7-10,14H2,1-2H3. The highest BCUT2D eigenvalue weighted by Gasteiger charge is 2.21. The molecule has 0 unspecified atom stereocenters. The van der Waals surface area contributed by atoms with Gasteiger partial charge in [0.15, 0.2) is 0 Å². The minimum atomic E-state index is 0.0493. The molecule has 2 aromatic rings. The quantitative estimate of drug-likeness (QED) is 0.916. The van der Waals surface area contributed by atoms with E-state index in [2.05, 4.69) is 33.4 Å². The van der Waals surface area contributed by atoms with Crippen LogP contribution in [0.5, 0.6) is 0 Å². The zero-order valence-corrected chi connectivity index (χ0v) is 14.3. The second-order valence-corrected chi connectivity index (χ2v) is 6.44. The van der Waals surface area contributed by atoms with Gasteiger partial charge in [-0.3, -0.25) is 9.78 Å². The van der Waals surface area contributed by atoms with Gasteiger partial charge in [-0.2, -0.15) is 0 Å². The third kappa shape index (κ3) is 3.92. The molecule has 1 aromatic heterocycles. The normalized spacial score (nSPS) is 13.7. The summed E-state index contributed by atoms with van der Waals surface area (Å²) in [7, 11) is 4.07. The summed E-state index contributed by atoms with van der Waals surface area (Å²) >= 11 is 0. The smallest absolute Gasteiger partial charge is 0.255 e. The number of anilines is 1. The van der Waals surface area contributed by atoms with Crippen LogP contribution in [-0.4, -0.2) is 54.4 Å². The topological polar surface area (TPSA) is 48.5 Å². The molecule has 1 aliphatic rings. The summed E-state index contributed by atoms with van der Waals surface area (Å²) in [5.74, 6) is 0.0493. The summed E-state index contributed by atoms with van der Waals surface area (Å²) in [6.45, 7) is 3.19. The number of nitrogens with zero attached hydrogens (tertiary/aromatic N) is 3. The lowest BCUT2D eigenvalue weighted by atomic mass is 9.99. The Morgan fingerprint density at radius 2 is 2.04 bits per heavy atom. The number of hydrogen-bond donors (Lipinski definition) is 1. The number of nitrogens with one attached hydrogen (secondary N) is 1. The summed E-state index contributed by atoms with van der Waals surface area (Å²) in [5, 5.41) is 3.31. The number of pyridine rings is 1. The maximum absolute atomic E-state index is 12.8. The summed E-state index contributed by atoms with van der Waals surface area (Å²) < 4.78 is 0. The van der Waals surface area contributed by atoms with Gasteiger partial charge in [-0.05, 0) is 37.7 Å². The van der Waals surface area contributed by atoms with Gasteiger partial charge in [0.25, 0.3) is 5.91 Å². The van der Waals surface area contributed by atoms with Crippen LogP contribution in [0.2, 0.25) is 0 Å². The Balaban J connectivity index is 1.67. The van der Waals surface area contributed by atoms with Crippen molar-refractivity contribution in [3.05, 3.63) is 59.4 Å². The third-order valence-electron chi connectivity index (χ3n) is 4.29. The molecule has 3 rings (SSSR count). The first-order chi connectivity index (χ1) is 11.6. The Hall–Kier alpha value is -2.40. The van der Waals surface area contributed by atoms with E-state index in [9.17, 15) is 4.79 Å². The maximum atomic E-state index is 12.8. The minimum absolute atomic E-state index is 0.0493. The molecule has 0 radical (unpaired) electrons. The fourth-order valence-corrected chi connectivity index (χ4v) is 2.93. The summed E-state index contributed by atoms with van der Waals surface area (Å²) in [4.78, 5) is 21.0. The number of rotatable bonds is 5. The van der Waals surface area contributed by atoms with E-state index in [-0.39, 0.29) is 5.91 Å². The highest BCUT2D eigenvalue weighted by atomic mass is 16.2. The van der Waals surface area contributed by atoms with E-state index in [1.54, 1.807) is 12.4 Å². The number of amides is 1. The molecule has 0 aliphatic carbocycles. The second kappa shape index (κ2) is 7.45. The number of hydrogen-bond acceptors (Lipinski definition) is 4. The van der Waals surface area contributed by atoms with Crippen LogP contribution in [0.25, 0.3) is 0 Å². The molecule has 126 valence electrons. The van der Waals surface area contributed by atoms with Crippen molar-refractivity contribution in [3.8, 4) is 0 Å². The van der Waals surface area contributed by atoms with Gasteiger partial charge in [-0.25, -0.2) is 0 Å². The second-order valence-electron chi connectivity index (χ2n) is 6.44. The van der Waals surface area contributed by atoms with Crippen molar-refractivity contribution in [2.45, 2.75) is 13.0 Å². The third-order valence-corrected chi connectivity index (χ3v) is 4.29. The van der Waals surface area contributed by atoms with E-state index in [1.807, 2.05) is 31.1 Å². The van der Waals surface area contributed by atoms with Gasteiger partial charge < -0.3 is 15.1 Å². The zero-order valence-electron chi connectivity index (χ0n) is 14.3. The zero-order chi connectivity index (χ0) is 16.9. The molecule has 0 fully saturated rings. The monoisotopic (exact) mass is 324 g/mol. The Morgan fingerprint density at radius 1 is 1.25 bits per heavy atom. The molecule has 0 spiro atoms. The van der Waals surface area contributed by atoms with E-state index < -0.39 is 0 Å². The lowest BCUT2D eigenvalue weighted by molar-refractivity contribution is 0.0734. The van der Waals surface area contributed by atoms with Gasteiger partial charge in [-0.15, -0.1) is 0 Å². The highest BCUT2D eigenvalue weighted by Crippen LogP contribution is 2.20. The van der Waals surface area contributed by atoms with Crippen molar-refractivity contribution in [3.63, 3.8) is 0 Å². The van der Waals surface area contributed by atoms with Crippen LogP contribution in [0, 0.1) is 0 Å². The predicted octanol–water partition coefficient (Wildman–Crippen LogP) is 2.25. The number of carbonyl (C=O) groups is 1. The summed E-state index contributed by atoms with van der Waals surface area (Å²) in [6.07, 6.45) is 4.33. The molecule has 0 saturated carbocycles. The molecule has 1 amide bonds. The first kappa shape index (κ1) is 16.5. The molecule has 5 nitrogen and oxygen atoms in total. The van der Waals surface area contributed by atoms with Crippen molar-refractivity contribution < 1.29 is 4.79 Å². The van der Waals surface area contributed by atoms with Crippen LogP contribution in [0.15, 0.2) is 42.7 Å². The van der Waals surface area contributed by atoms with Crippen molar-refractivity contribution in [1.82, 2.24) is 14.8 Å². The molecule has 0 bridgehead atoms. The average Bonchev–Trinajstić information content (AvgIpc) is 2.60. The van der Waals surface area contributed by atoms with E-state index in [0.29, 0.717) is 12.1 Å². The molecule has 5 heteroatoms. The van der Waals surface area contributed by atoms with Gasteiger partial charge in [0.05, 0.1) is 11.3 Å². The first-order valence-electron chi connectivity index (χ1n) is 8.33. The number of benzene rings is 1. The van der Waals surface area contributed by atoms with Crippen LogP contribution in [-0.2, 0) is 13.0 Å². The van der Waals surface area contributed by atoms with Crippen LogP contribution in [0.1, 0.15) is 21.5 Å². The van der Waals surface area contributed by atoms with Crippen molar-refractivity contribution in [2.75, 3.05) is 39.0 Å². The minimum Gasteiger partial charge on any atom is -0.382 e. The molecular weight excluding hydrogens is 300 g/mol. The van der Waals surface area contributed by atoms with E-state index >= 15 is 0 Å². The Kier molecular flexibility index (Phi) is 5.11.